The summed E-state index contributed by atoms with van der Waals surface area (Å²) in [6.07, 6.45) is 3.85. The van der Waals surface area contributed by atoms with E-state index in [1.54, 1.807) is 57.7 Å². The molecule has 6 nitrogen and oxygen atoms in total. The van der Waals surface area contributed by atoms with Crippen molar-refractivity contribution in [2.45, 2.75) is 13.0 Å². The van der Waals surface area contributed by atoms with Crippen LogP contribution in [0.4, 0.5) is 0 Å². The molecule has 0 atom stereocenters. The van der Waals surface area contributed by atoms with Crippen LogP contribution in [0.15, 0.2) is 60.7 Å². The number of amides is 1. The third kappa shape index (κ3) is 7.31. The first-order valence-corrected chi connectivity index (χ1v) is 11.6. The number of methoxy groups -OCH3 is 3. The summed E-state index contributed by atoms with van der Waals surface area (Å²) in [6.45, 7) is 0.686. The second-order valence-corrected chi connectivity index (χ2v) is 8.28. The molecule has 0 aliphatic rings. The first-order valence-electron chi connectivity index (χ1n) is 10.9. The van der Waals surface area contributed by atoms with E-state index in [-0.39, 0.29) is 12.5 Å². The monoisotopic (exact) mass is 515 g/mol. The van der Waals surface area contributed by atoms with E-state index < -0.39 is 0 Å². The number of ether oxygens (including phenoxy) is 4. The number of halogens is 2. The Morgan fingerprint density at radius 3 is 2.20 bits per heavy atom. The minimum Gasteiger partial charge on any atom is -0.493 e. The highest BCUT2D eigenvalue weighted by Gasteiger charge is 2.10. The minimum absolute atomic E-state index is 0.196. The SMILES string of the molecule is COc1ccc(CCNC(=O)/C=C/c2ccc(OCc3c(Cl)cccc3Cl)c(OC)c2)cc1OC. The third-order valence-corrected chi connectivity index (χ3v) is 5.92. The lowest BCUT2D eigenvalue weighted by Crippen LogP contribution is -2.23. The molecule has 0 bridgehead atoms. The molecule has 35 heavy (non-hydrogen) atoms. The molecule has 0 aliphatic heterocycles. The predicted octanol–water partition coefficient (Wildman–Crippen LogP) is 5.97. The molecule has 0 saturated heterocycles. The number of carbonyl (C=O) groups excluding carboxylic acids is 1. The number of carbonyl (C=O) groups is 1. The van der Waals surface area contributed by atoms with Crippen molar-refractivity contribution in [3.8, 4) is 23.0 Å². The van der Waals surface area contributed by atoms with Crippen molar-refractivity contribution in [2.24, 2.45) is 0 Å². The van der Waals surface area contributed by atoms with E-state index in [1.807, 2.05) is 24.3 Å². The Bertz CT molecular complexity index is 1180. The highest BCUT2D eigenvalue weighted by molar-refractivity contribution is 6.35. The van der Waals surface area contributed by atoms with Crippen LogP contribution >= 0.6 is 23.2 Å². The molecule has 0 aliphatic carbocycles. The van der Waals surface area contributed by atoms with Gasteiger partial charge in [0.2, 0.25) is 5.91 Å². The van der Waals surface area contributed by atoms with Crippen LogP contribution in [-0.2, 0) is 17.8 Å². The van der Waals surface area contributed by atoms with E-state index >= 15 is 0 Å². The molecule has 1 N–H and O–H groups in total. The smallest absolute Gasteiger partial charge is 0.244 e. The van der Waals surface area contributed by atoms with Gasteiger partial charge >= 0.3 is 0 Å². The normalized spacial score (nSPS) is 10.8. The van der Waals surface area contributed by atoms with E-state index in [0.29, 0.717) is 51.6 Å². The Morgan fingerprint density at radius 1 is 0.857 bits per heavy atom. The predicted molar refractivity (Wildman–Crippen MR) is 139 cm³/mol. The molecule has 3 aromatic rings. The molecule has 0 unspecified atom stereocenters. The van der Waals surface area contributed by atoms with Crippen LogP contribution in [0.3, 0.4) is 0 Å². The Balaban J connectivity index is 1.55. The molecule has 0 saturated carbocycles. The lowest BCUT2D eigenvalue weighted by Gasteiger charge is -2.13. The Hall–Kier alpha value is -3.35. The molecule has 0 aromatic heterocycles. The van der Waals surface area contributed by atoms with Gasteiger partial charge in [-0.3, -0.25) is 4.79 Å². The maximum absolute atomic E-state index is 12.3. The van der Waals surface area contributed by atoms with Crippen LogP contribution < -0.4 is 24.3 Å². The quantitative estimate of drug-likeness (QED) is 0.318. The topological polar surface area (TPSA) is 66.0 Å². The number of rotatable bonds is 11. The summed E-state index contributed by atoms with van der Waals surface area (Å²) < 4.78 is 21.9. The zero-order valence-electron chi connectivity index (χ0n) is 19.8. The second-order valence-electron chi connectivity index (χ2n) is 7.46. The molecule has 184 valence electrons. The van der Waals surface area contributed by atoms with E-state index in [0.717, 1.165) is 11.1 Å². The van der Waals surface area contributed by atoms with Crippen LogP contribution in [0.5, 0.6) is 23.0 Å². The fraction of sp³-hybridized carbons (Fsp3) is 0.222. The number of hydrogen-bond acceptors (Lipinski definition) is 5. The van der Waals surface area contributed by atoms with Gasteiger partial charge in [0.1, 0.15) is 6.61 Å². The van der Waals surface area contributed by atoms with Gasteiger partial charge in [-0.15, -0.1) is 0 Å². The van der Waals surface area contributed by atoms with Gasteiger partial charge in [-0.2, -0.15) is 0 Å². The maximum atomic E-state index is 12.3. The number of benzene rings is 3. The van der Waals surface area contributed by atoms with Gasteiger partial charge in [0.05, 0.1) is 21.3 Å². The molecule has 0 fully saturated rings. The highest BCUT2D eigenvalue weighted by atomic mass is 35.5. The maximum Gasteiger partial charge on any atom is 0.244 e. The van der Waals surface area contributed by atoms with E-state index in [4.69, 9.17) is 42.1 Å². The van der Waals surface area contributed by atoms with Crippen LogP contribution in [0.25, 0.3) is 6.08 Å². The van der Waals surface area contributed by atoms with E-state index in [2.05, 4.69) is 5.32 Å². The van der Waals surface area contributed by atoms with Crippen LogP contribution in [0.1, 0.15) is 16.7 Å². The Kier molecular flexibility index (Phi) is 9.70. The van der Waals surface area contributed by atoms with Crippen molar-refractivity contribution in [1.29, 1.82) is 0 Å². The first kappa shape index (κ1) is 26.3. The summed E-state index contributed by atoms with van der Waals surface area (Å²) in [5.74, 6) is 2.21. The van der Waals surface area contributed by atoms with E-state index in [9.17, 15) is 4.79 Å². The summed E-state index contributed by atoms with van der Waals surface area (Å²) in [5, 5.41) is 3.95. The van der Waals surface area contributed by atoms with Gasteiger partial charge in [-0.1, -0.05) is 41.4 Å². The molecule has 8 heteroatoms. The third-order valence-electron chi connectivity index (χ3n) is 5.21. The van der Waals surface area contributed by atoms with Gasteiger partial charge in [0.25, 0.3) is 0 Å². The summed E-state index contributed by atoms with van der Waals surface area (Å²) in [7, 11) is 4.74. The molecule has 1 amide bonds. The van der Waals surface area contributed by atoms with Gasteiger partial charge in [-0.05, 0) is 60.0 Å². The average molecular weight is 516 g/mol. The zero-order chi connectivity index (χ0) is 25.2. The molecule has 0 radical (unpaired) electrons. The van der Waals surface area contributed by atoms with Crippen molar-refractivity contribution < 1.29 is 23.7 Å². The zero-order valence-corrected chi connectivity index (χ0v) is 21.3. The van der Waals surface area contributed by atoms with Crippen molar-refractivity contribution >= 4 is 35.2 Å². The second kappa shape index (κ2) is 12.9. The van der Waals surface area contributed by atoms with Gasteiger partial charge in [0, 0.05) is 28.2 Å². The summed E-state index contributed by atoms with van der Waals surface area (Å²) >= 11 is 12.4. The van der Waals surface area contributed by atoms with Crippen LogP contribution in [0, 0.1) is 0 Å². The van der Waals surface area contributed by atoms with Gasteiger partial charge in [0.15, 0.2) is 23.0 Å². The van der Waals surface area contributed by atoms with Crippen molar-refractivity contribution in [3.05, 3.63) is 87.4 Å². The fourth-order valence-corrected chi connectivity index (χ4v) is 3.83. The lowest BCUT2D eigenvalue weighted by atomic mass is 10.1. The first-order chi connectivity index (χ1) is 16.9. The summed E-state index contributed by atoms with van der Waals surface area (Å²) in [5.41, 5.74) is 2.52. The Morgan fingerprint density at radius 2 is 1.51 bits per heavy atom. The fourth-order valence-electron chi connectivity index (χ4n) is 3.32. The molecular weight excluding hydrogens is 489 g/mol. The number of nitrogens with one attached hydrogen (secondary N) is 1. The van der Waals surface area contributed by atoms with Crippen molar-refractivity contribution in [3.63, 3.8) is 0 Å². The molecule has 3 rings (SSSR count). The largest absolute Gasteiger partial charge is 0.493 e. The van der Waals surface area contributed by atoms with Crippen LogP contribution in [0.2, 0.25) is 10.0 Å². The van der Waals surface area contributed by atoms with Crippen molar-refractivity contribution in [1.82, 2.24) is 5.32 Å². The van der Waals surface area contributed by atoms with Crippen molar-refractivity contribution in [2.75, 3.05) is 27.9 Å². The minimum atomic E-state index is -0.196. The van der Waals surface area contributed by atoms with Crippen LogP contribution in [-0.4, -0.2) is 33.8 Å². The Labute approximate surface area is 215 Å². The average Bonchev–Trinajstić information content (AvgIpc) is 2.87. The molecule has 3 aromatic carbocycles. The molecule has 0 heterocycles. The summed E-state index contributed by atoms with van der Waals surface area (Å²) in [6, 6.07) is 16.4. The molecular formula is C27H27Cl2NO5. The lowest BCUT2D eigenvalue weighted by molar-refractivity contribution is -0.116. The highest BCUT2D eigenvalue weighted by Crippen LogP contribution is 2.32. The summed E-state index contributed by atoms with van der Waals surface area (Å²) in [4.78, 5) is 12.3. The van der Waals surface area contributed by atoms with Gasteiger partial charge in [-0.25, -0.2) is 0 Å². The van der Waals surface area contributed by atoms with Gasteiger partial charge < -0.3 is 24.3 Å². The standard InChI is InChI=1S/C27H27Cl2NO5/c1-32-23-10-7-19(16-25(23)33-2)13-14-30-27(31)12-9-18-8-11-24(26(15-18)34-3)35-17-20-21(28)5-4-6-22(20)29/h4-12,15-16H,13-14,17H2,1-3H3,(H,30,31)/b12-9+. The molecule has 0 spiro atoms. The van der Waals surface area contributed by atoms with E-state index in [1.165, 1.54) is 6.08 Å². The number of hydrogen-bond donors (Lipinski definition) is 1.